The third-order valence-corrected chi connectivity index (χ3v) is 4.48. The molecule has 1 saturated carbocycles. The highest BCUT2D eigenvalue weighted by Crippen LogP contribution is 2.25. The molecule has 0 radical (unpaired) electrons. The molecule has 24 heavy (non-hydrogen) atoms. The molecule has 3 rings (SSSR count). The molecule has 1 aromatic heterocycles. The van der Waals surface area contributed by atoms with Gasteiger partial charge >= 0.3 is 0 Å². The van der Waals surface area contributed by atoms with E-state index in [9.17, 15) is 9.59 Å². The van der Waals surface area contributed by atoms with E-state index in [2.05, 4.69) is 20.8 Å². The minimum absolute atomic E-state index is 0.0476. The number of nitrogens with zero attached hydrogens (tertiary/aromatic N) is 2. The number of nitriles is 1. The Labute approximate surface area is 139 Å². The minimum atomic E-state index is -0.101. The van der Waals surface area contributed by atoms with Crippen LogP contribution in [0.3, 0.4) is 0 Å². The van der Waals surface area contributed by atoms with Crippen molar-refractivity contribution in [3.05, 3.63) is 30.0 Å². The first-order valence-electron chi connectivity index (χ1n) is 8.06. The van der Waals surface area contributed by atoms with Crippen LogP contribution >= 0.6 is 0 Å². The van der Waals surface area contributed by atoms with Gasteiger partial charge in [0.1, 0.15) is 6.54 Å². The molecule has 0 spiro atoms. The number of carbonyl (C=O) groups is 2. The summed E-state index contributed by atoms with van der Waals surface area (Å²) >= 11 is 0. The van der Waals surface area contributed by atoms with E-state index < -0.39 is 0 Å². The third-order valence-electron chi connectivity index (χ3n) is 4.48. The number of hydrogen-bond donors (Lipinski definition) is 3. The number of rotatable bonds is 4. The molecule has 7 heteroatoms. The predicted octanol–water partition coefficient (Wildman–Crippen LogP) is 1.49. The van der Waals surface area contributed by atoms with Crippen molar-refractivity contribution in [2.75, 3.05) is 6.54 Å². The fourth-order valence-corrected chi connectivity index (χ4v) is 3.12. The third kappa shape index (κ3) is 3.54. The van der Waals surface area contributed by atoms with Gasteiger partial charge in [-0.1, -0.05) is 0 Å². The van der Waals surface area contributed by atoms with Gasteiger partial charge in [0.25, 0.3) is 5.91 Å². The lowest BCUT2D eigenvalue weighted by Gasteiger charge is -2.28. The van der Waals surface area contributed by atoms with Crippen LogP contribution in [0, 0.1) is 17.2 Å². The van der Waals surface area contributed by atoms with Crippen LogP contribution < -0.4 is 10.6 Å². The Bertz CT molecular complexity index is 784. The number of carbonyl (C=O) groups excluding carboxylic acids is 2. The van der Waals surface area contributed by atoms with Crippen molar-refractivity contribution in [3.8, 4) is 6.07 Å². The molecule has 3 N–H and O–H groups in total. The molecule has 2 aromatic rings. The first kappa shape index (κ1) is 16.0. The number of benzene rings is 1. The Morgan fingerprint density at radius 3 is 2.83 bits per heavy atom. The summed E-state index contributed by atoms with van der Waals surface area (Å²) in [6, 6.07) is 7.42. The SMILES string of the molecule is N#CCNC(=O)C1CCC(NC(=O)c2ccc3[nH]ncc3c2)CC1. The van der Waals surface area contributed by atoms with Crippen molar-refractivity contribution < 1.29 is 9.59 Å². The van der Waals surface area contributed by atoms with E-state index in [-0.39, 0.29) is 30.3 Å². The molecule has 0 bridgehead atoms. The molecule has 0 unspecified atom stereocenters. The summed E-state index contributed by atoms with van der Waals surface area (Å²) in [6.07, 6.45) is 4.68. The van der Waals surface area contributed by atoms with E-state index in [1.165, 1.54) is 0 Å². The maximum atomic E-state index is 12.4. The first-order chi connectivity index (χ1) is 11.7. The van der Waals surface area contributed by atoms with Crippen LogP contribution in [0.2, 0.25) is 0 Å². The van der Waals surface area contributed by atoms with Crippen molar-refractivity contribution in [2.24, 2.45) is 5.92 Å². The van der Waals surface area contributed by atoms with E-state index in [1.54, 1.807) is 12.3 Å². The summed E-state index contributed by atoms with van der Waals surface area (Å²) in [6.45, 7) is 0.0476. The summed E-state index contributed by atoms with van der Waals surface area (Å²) in [4.78, 5) is 24.2. The molecule has 1 heterocycles. The van der Waals surface area contributed by atoms with Gasteiger partial charge < -0.3 is 10.6 Å². The van der Waals surface area contributed by atoms with Gasteiger partial charge in [-0.2, -0.15) is 10.4 Å². The number of fused-ring (bicyclic) bond motifs is 1. The molecule has 0 aliphatic heterocycles. The second kappa shape index (κ2) is 7.13. The molecule has 2 amide bonds. The molecule has 124 valence electrons. The van der Waals surface area contributed by atoms with Crippen LogP contribution in [0.5, 0.6) is 0 Å². The summed E-state index contributed by atoms with van der Waals surface area (Å²) < 4.78 is 0. The van der Waals surface area contributed by atoms with E-state index >= 15 is 0 Å². The fourth-order valence-electron chi connectivity index (χ4n) is 3.12. The Morgan fingerprint density at radius 1 is 1.29 bits per heavy atom. The predicted molar refractivity (Wildman–Crippen MR) is 87.9 cm³/mol. The Kier molecular flexibility index (Phi) is 4.75. The molecule has 0 saturated heterocycles. The van der Waals surface area contributed by atoms with E-state index in [0.29, 0.717) is 5.56 Å². The van der Waals surface area contributed by atoms with Crippen molar-refractivity contribution in [2.45, 2.75) is 31.7 Å². The maximum Gasteiger partial charge on any atom is 0.251 e. The zero-order valence-electron chi connectivity index (χ0n) is 13.2. The standard InChI is InChI=1S/C17H19N5O2/c18-7-8-19-16(23)11-1-4-14(5-2-11)21-17(24)12-3-6-15-13(9-12)10-20-22-15/h3,6,9-11,14H,1-2,4-5,8H2,(H,19,23)(H,20,22)(H,21,24). The molecular weight excluding hydrogens is 306 g/mol. The molecule has 1 aromatic carbocycles. The number of H-pyrrole nitrogens is 1. The van der Waals surface area contributed by atoms with Gasteiger partial charge in [-0.05, 0) is 43.9 Å². The quantitative estimate of drug-likeness (QED) is 0.740. The lowest BCUT2D eigenvalue weighted by molar-refractivity contribution is -0.125. The van der Waals surface area contributed by atoms with Gasteiger partial charge in [0, 0.05) is 22.9 Å². The lowest BCUT2D eigenvalue weighted by Crippen LogP contribution is -2.41. The van der Waals surface area contributed by atoms with Gasteiger partial charge in [-0.25, -0.2) is 0 Å². The Morgan fingerprint density at radius 2 is 2.08 bits per heavy atom. The van der Waals surface area contributed by atoms with Crippen molar-refractivity contribution >= 4 is 22.7 Å². The molecule has 0 atom stereocenters. The monoisotopic (exact) mass is 325 g/mol. The number of aromatic nitrogens is 2. The normalized spacial score (nSPS) is 20.3. The highest BCUT2D eigenvalue weighted by molar-refractivity contribution is 5.98. The topological polar surface area (TPSA) is 111 Å². The molecule has 1 aliphatic rings. The fraction of sp³-hybridized carbons (Fsp3) is 0.412. The number of hydrogen-bond acceptors (Lipinski definition) is 4. The highest BCUT2D eigenvalue weighted by Gasteiger charge is 2.27. The second-order valence-electron chi connectivity index (χ2n) is 6.07. The average Bonchev–Trinajstić information content (AvgIpc) is 3.08. The zero-order chi connectivity index (χ0) is 16.9. The van der Waals surface area contributed by atoms with Gasteiger partial charge in [0.15, 0.2) is 0 Å². The van der Waals surface area contributed by atoms with Crippen LogP contribution in [0.4, 0.5) is 0 Å². The average molecular weight is 325 g/mol. The second-order valence-corrected chi connectivity index (χ2v) is 6.07. The van der Waals surface area contributed by atoms with Gasteiger partial charge in [-0.3, -0.25) is 14.7 Å². The number of nitrogens with one attached hydrogen (secondary N) is 3. The van der Waals surface area contributed by atoms with E-state index in [4.69, 9.17) is 5.26 Å². The van der Waals surface area contributed by atoms with Crippen molar-refractivity contribution in [1.82, 2.24) is 20.8 Å². The highest BCUT2D eigenvalue weighted by atomic mass is 16.2. The summed E-state index contributed by atoms with van der Waals surface area (Å²) in [5.74, 6) is -0.226. The van der Waals surface area contributed by atoms with Gasteiger partial charge in [0.2, 0.25) is 5.91 Å². The van der Waals surface area contributed by atoms with Gasteiger partial charge in [-0.15, -0.1) is 0 Å². The zero-order valence-corrected chi connectivity index (χ0v) is 13.2. The van der Waals surface area contributed by atoms with Crippen molar-refractivity contribution in [1.29, 1.82) is 5.26 Å². The number of amides is 2. The largest absolute Gasteiger partial charge is 0.349 e. The Balaban J connectivity index is 1.53. The lowest BCUT2D eigenvalue weighted by atomic mass is 9.85. The molecule has 7 nitrogen and oxygen atoms in total. The van der Waals surface area contributed by atoms with E-state index in [0.717, 1.165) is 36.6 Å². The molecular formula is C17H19N5O2. The summed E-state index contributed by atoms with van der Waals surface area (Å²) in [5.41, 5.74) is 1.51. The van der Waals surface area contributed by atoms with Gasteiger partial charge in [0.05, 0.1) is 17.8 Å². The Hall–Kier alpha value is -2.88. The maximum absolute atomic E-state index is 12.4. The minimum Gasteiger partial charge on any atom is -0.349 e. The summed E-state index contributed by atoms with van der Waals surface area (Å²) in [7, 11) is 0. The van der Waals surface area contributed by atoms with Crippen LogP contribution in [-0.4, -0.2) is 34.6 Å². The summed E-state index contributed by atoms with van der Waals surface area (Å²) in [5, 5.41) is 21.8. The van der Waals surface area contributed by atoms with E-state index in [1.807, 2.05) is 18.2 Å². The van der Waals surface area contributed by atoms with Crippen LogP contribution in [-0.2, 0) is 4.79 Å². The van der Waals surface area contributed by atoms with Crippen LogP contribution in [0.15, 0.2) is 24.4 Å². The smallest absolute Gasteiger partial charge is 0.251 e. The van der Waals surface area contributed by atoms with Crippen LogP contribution in [0.25, 0.3) is 10.9 Å². The number of aromatic amines is 1. The molecule has 1 aliphatic carbocycles. The van der Waals surface area contributed by atoms with Crippen molar-refractivity contribution in [3.63, 3.8) is 0 Å². The first-order valence-corrected chi connectivity index (χ1v) is 8.06. The molecule has 1 fully saturated rings. The van der Waals surface area contributed by atoms with Crippen LogP contribution in [0.1, 0.15) is 36.0 Å².